The maximum Gasteiger partial charge on any atom is 0.184 e. The molecule has 1 aliphatic heterocycles. The Bertz CT molecular complexity index is 483. The molecule has 3 nitrogen and oxygen atoms in total. The molecule has 1 heterocycles. The van der Waals surface area contributed by atoms with Gasteiger partial charge in [-0.1, -0.05) is 18.2 Å². The van der Waals surface area contributed by atoms with E-state index in [0.29, 0.717) is 25.0 Å². The van der Waals surface area contributed by atoms with E-state index in [4.69, 9.17) is 9.47 Å². The van der Waals surface area contributed by atoms with Crippen LogP contribution in [0.4, 0.5) is 0 Å². The molecule has 1 saturated carbocycles. The topological polar surface area (TPSA) is 35.5 Å². The second kappa shape index (κ2) is 6.71. The van der Waals surface area contributed by atoms with Gasteiger partial charge < -0.3 is 14.3 Å². The summed E-state index contributed by atoms with van der Waals surface area (Å²) in [6.07, 6.45) is 6.34. The summed E-state index contributed by atoms with van der Waals surface area (Å²) in [5, 5.41) is 0. The largest absolute Gasteiger partial charge is 0.346 e. The lowest BCUT2D eigenvalue weighted by atomic mass is 9.76. The molecule has 114 valence electrons. The second-order valence-corrected chi connectivity index (χ2v) is 6.25. The molecule has 1 saturated heterocycles. The van der Waals surface area contributed by atoms with Gasteiger partial charge in [-0.3, -0.25) is 0 Å². The first kappa shape index (κ1) is 14.7. The van der Waals surface area contributed by atoms with Crippen LogP contribution in [0.5, 0.6) is 0 Å². The fourth-order valence-corrected chi connectivity index (χ4v) is 3.75. The highest BCUT2D eigenvalue weighted by Crippen LogP contribution is 2.39. The highest BCUT2D eigenvalue weighted by atomic mass is 16.7. The van der Waals surface area contributed by atoms with Crippen LogP contribution in [0.1, 0.15) is 61.0 Å². The number of hydrogen-bond donors (Lipinski definition) is 0. The Balaban J connectivity index is 1.74. The van der Waals surface area contributed by atoms with E-state index in [1.54, 1.807) is 0 Å². The summed E-state index contributed by atoms with van der Waals surface area (Å²) in [6, 6.07) is 6.49. The van der Waals surface area contributed by atoms with Crippen LogP contribution in [-0.4, -0.2) is 19.5 Å². The van der Waals surface area contributed by atoms with Crippen LogP contribution in [0.2, 0.25) is 0 Å². The molecule has 0 radical (unpaired) electrons. The molecule has 1 aromatic carbocycles. The molecule has 1 aromatic rings. The molecule has 2 fully saturated rings. The zero-order valence-corrected chi connectivity index (χ0v) is 12.7. The van der Waals surface area contributed by atoms with Crippen molar-refractivity contribution in [3.8, 4) is 0 Å². The van der Waals surface area contributed by atoms with E-state index < -0.39 is 0 Å². The first-order chi connectivity index (χ1) is 10.3. The van der Waals surface area contributed by atoms with Crippen LogP contribution in [0, 0.1) is 12.8 Å². The molecule has 21 heavy (non-hydrogen) atoms. The monoisotopic (exact) mass is 288 g/mol. The lowest BCUT2D eigenvalue weighted by Crippen LogP contribution is -2.15. The molecule has 2 aliphatic rings. The number of rotatable bonds is 4. The molecule has 0 amide bonds. The van der Waals surface area contributed by atoms with E-state index in [2.05, 4.69) is 25.1 Å². The zero-order valence-electron chi connectivity index (χ0n) is 12.7. The summed E-state index contributed by atoms with van der Waals surface area (Å²) in [5.41, 5.74) is 3.94. The summed E-state index contributed by atoms with van der Waals surface area (Å²) in [7, 11) is 0. The van der Waals surface area contributed by atoms with Crippen molar-refractivity contribution in [3.63, 3.8) is 0 Å². The van der Waals surface area contributed by atoms with Crippen LogP contribution in [0.3, 0.4) is 0 Å². The van der Waals surface area contributed by atoms with Crippen LogP contribution in [-0.2, 0) is 14.3 Å². The lowest BCUT2D eigenvalue weighted by Gasteiger charge is -2.29. The zero-order chi connectivity index (χ0) is 14.7. The van der Waals surface area contributed by atoms with Gasteiger partial charge in [0.25, 0.3) is 0 Å². The molecule has 0 aromatic heterocycles. The molecule has 0 N–H and O–H groups in total. The third kappa shape index (κ3) is 3.19. The second-order valence-electron chi connectivity index (χ2n) is 6.25. The molecule has 0 atom stereocenters. The van der Waals surface area contributed by atoms with Gasteiger partial charge in [-0.25, -0.2) is 0 Å². The highest BCUT2D eigenvalue weighted by Gasteiger charge is 2.26. The number of ether oxygens (including phenoxy) is 2. The Labute approximate surface area is 126 Å². The minimum Gasteiger partial charge on any atom is -0.346 e. The summed E-state index contributed by atoms with van der Waals surface area (Å²) >= 11 is 0. The number of carbonyl (C=O) groups is 1. The van der Waals surface area contributed by atoms with E-state index in [9.17, 15) is 4.79 Å². The molecule has 1 aliphatic carbocycles. The van der Waals surface area contributed by atoms with Crippen molar-refractivity contribution in [1.82, 2.24) is 0 Å². The Morgan fingerprint density at radius 2 is 1.76 bits per heavy atom. The summed E-state index contributed by atoms with van der Waals surface area (Å²) in [5.74, 6) is 1.22. The van der Waals surface area contributed by atoms with Gasteiger partial charge in [0.2, 0.25) is 0 Å². The molecule has 0 bridgehead atoms. The Morgan fingerprint density at radius 3 is 2.43 bits per heavy atom. The summed E-state index contributed by atoms with van der Waals surface area (Å²) in [6.45, 7) is 3.56. The van der Waals surface area contributed by atoms with Crippen LogP contribution in [0.25, 0.3) is 0 Å². The summed E-state index contributed by atoms with van der Waals surface area (Å²) in [4.78, 5) is 10.6. The fourth-order valence-electron chi connectivity index (χ4n) is 3.75. The molecular formula is C18H24O3. The van der Waals surface area contributed by atoms with E-state index >= 15 is 0 Å². The van der Waals surface area contributed by atoms with E-state index in [-0.39, 0.29) is 6.29 Å². The number of hydrogen-bond acceptors (Lipinski definition) is 3. The van der Waals surface area contributed by atoms with Gasteiger partial charge in [0.15, 0.2) is 6.29 Å². The van der Waals surface area contributed by atoms with Crippen molar-refractivity contribution in [3.05, 3.63) is 34.9 Å². The Morgan fingerprint density at radius 1 is 1.10 bits per heavy atom. The van der Waals surface area contributed by atoms with Gasteiger partial charge in [0.1, 0.15) is 6.29 Å². The fraction of sp³-hybridized carbons (Fsp3) is 0.611. The number of carbonyl (C=O) groups excluding carboxylic acids is 1. The SMILES string of the molecule is Cc1c(C2CCC(CC=O)CC2)cccc1C1OCCO1. The van der Waals surface area contributed by atoms with Gasteiger partial charge in [-0.05, 0) is 55.6 Å². The Hall–Kier alpha value is -1.19. The van der Waals surface area contributed by atoms with Crippen LogP contribution in [0.15, 0.2) is 18.2 Å². The van der Waals surface area contributed by atoms with E-state index in [0.717, 1.165) is 12.7 Å². The van der Waals surface area contributed by atoms with Gasteiger partial charge >= 0.3 is 0 Å². The number of benzene rings is 1. The maximum atomic E-state index is 10.6. The minimum atomic E-state index is -0.184. The molecule has 0 unspecified atom stereocenters. The van der Waals surface area contributed by atoms with Gasteiger partial charge in [0.05, 0.1) is 13.2 Å². The summed E-state index contributed by atoms with van der Waals surface area (Å²) < 4.78 is 11.3. The smallest absolute Gasteiger partial charge is 0.184 e. The normalized spacial score (nSPS) is 26.9. The average Bonchev–Trinajstić information content (AvgIpc) is 3.03. The van der Waals surface area contributed by atoms with Crippen molar-refractivity contribution < 1.29 is 14.3 Å². The standard InChI is InChI=1S/C18H24O3/c1-13-16(15-7-5-14(6-8-15)9-10-19)3-2-4-17(13)18-20-11-12-21-18/h2-4,10,14-15,18H,5-9,11-12H2,1H3. The molecular weight excluding hydrogens is 264 g/mol. The van der Waals surface area contributed by atoms with Crippen molar-refractivity contribution in [2.75, 3.05) is 13.2 Å². The Kier molecular flexibility index (Phi) is 4.71. The number of aldehydes is 1. The van der Waals surface area contributed by atoms with Gasteiger partial charge in [-0.15, -0.1) is 0 Å². The molecule has 0 spiro atoms. The molecule has 3 heteroatoms. The molecule has 3 rings (SSSR count). The van der Waals surface area contributed by atoms with Crippen LogP contribution >= 0.6 is 0 Å². The third-order valence-corrected chi connectivity index (χ3v) is 5.01. The van der Waals surface area contributed by atoms with Crippen molar-refractivity contribution in [1.29, 1.82) is 0 Å². The van der Waals surface area contributed by atoms with E-state index in [1.807, 2.05) is 0 Å². The van der Waals surface area contributed by atoms with Gasteiger partial charge in [-0.2, -0.15) is 0 Å². The third-order valence-electron chi connectivity index (χ3n) is 5.01. The van der Waals surface area contributed by atoms with Crippen molar-refractivity contribution >= 4 is 6.29 Å². The predicted octanol–water partition coefficient (Wildman–Crippen LogP) is 3.90. The van der Waals surface area contributed by atoms with Crippen LogP contribution < -0.4 is 0 Å². The quantitative estimate of drug-likeness (QED) is 0.788. The van der Waals surface area contributed by atoms with E-state index in [1.165, 1.54) is 42.4 Å². The van der Waals surface area contributed by atoms with Crippen molar-refractivity contribution in [2.45, 2.75) is 51.2 Å². The average molecular weight is 288 g/mol. The highest BCUT2D eigenvalue weighted by molar-refractivity contribution is 5.49. The first-order valence-electron chi connectivity index (χ1n) is 8.06. The predicted molar refractivity (Wildman–Crippen MR) is 81.2 cm³/mol. The lowest BCUT2D eigenvalue weighted by molar-refractivity contribution is -0.108. The minimum absolute atomic E-state index is 0.184. The maximum absolute atomic E-state index is 10.6. The first-order valence-corrected chi connectivity index (χ1v) is 8.06. The van der Waals surface area contributed by atoms with Gasteiger partial charge in [0, 0.05) is 12.0 Å². The van der Waals surface area contributed by atoms with Crippen molar-refractivity contribution in [2.24, 2.45) is 5.92 Å².